The molecule has 2 N–H and O–H groups in total. The Morgan fingerprint density at radius 2 is 2.00 bits per heavy atom. The van der Waals surface area contributed by atoms with Gasteiger partial charge in [0, 0.05) is 30.7 Å². The van der Waals surface area contributed by atoms with Crippen molar-refractivity contribution in [3.63, 3.8) is 0 Å². The van der Waals surface area contributed by atoms with Crippen LogP contribution in [0.1, 0.15) is 5.56 Å². The molecule has 4 aromatic heterocycles. The van der Waals surface area contributed by atoms with Crippen LogP contribution in [0, 0.1) is 0 Å². The third kappa shape index (κ3) is 3.79. The molecule has 0 saturated carbocycles. The number of urea groups is 1. The molecule has 0 unspecified atom stereocenters. The van der Waals surface area contributed by atoms with Gasteiger partial charge in [-0.15, -0.1) is 0 Å². The highest BCUT2D eigenvalue weighted by Crippen LogP contribution is 2.11. The summed E-state index contributed by atoms with van der Waals surface area (Å²) in [4.78, 5) is 24.6. The highest BCUT2D eigenvalue weighted by molar-refractivity contribution is 5.89. The van der Waals surface area contributed by atoms with Crippen molar-refractivity contribution in [2.45, 2.75) is 6.54 Å². The van der Waals surface area contributed by atoms with Crippen LogP contribution in [0.25, 0.3) is 11.6 Å². The van der Waals surface area contributed by atoms with Crippen LogP contribution in [0.5, 0.6) is 0 Å². The lowest BCUT2D eigenvalue weighted by Crippen LogP contribution is -2.28. The Hall–Kier alpha value is -4.08. The molecule has 0 radical (unpaired) electrons. The number of carbonyl (C=O) groups excluding carboxylic acids is 1. The van der Waals surface area contributed by atoms with E-state index in [9.17, 15) is 4.79 Å². The maximum Gasteiger partial charge on any atom is 0.319 e. The summed E-state index contributed by atoms with van der Waals surface area (Å²) in [7, 11) is 0. The summed E-state index contributed by atoms with van der Waals surface area (Å²) in [6.07, 6.45) is 9.69. The summed E-state index contributed by atoms with van der Waals surface area (Å²) in [6, 6.07) is 8.65. The minimum atomic E-state index is -0.347. The Balaban J connectivity index is 1.38. The lowest BCUT2D eigenvalue weighted by atomic mass is 10.2. The van der Waals surface area contributed by atoms with Crippen molar-refractivity contribution in [2.24, 2.45) is 0 Å². The van der Waals surface area contributed by atoms with Crippen LogP contribution < -0.4 is 10.6 Å². The fourth-order valence-electron chi connectivity index (χ4n) is 2.44. The van der Waals surface area contributed by atoms with Gasteiger partial charge in [0.2, 0.25) is 0 Å². The van der Waals surface area contributed by atoms with E-state index in [-0.39, 0.29) is 6.03 Å². The van der Waals surface area contributed by atoms with E-state index in [1.54, 1.807) is 47.9 Å². The summed E-state index contributed by atoms with van der Waals surface area (Å²) < 4.78 is 3.19. The van der Waals surface area contributed by atoms with Crippen molar-refractivity contribution in [1.82, 2.24) is 39.8 Å². The topological polar surface area (TPSA) is 115 Å². The monoisotopic (exact) mass is 361 g/mol. The van der Waals surface area contributed by atoms with Crippen molar-refractivity contribution in [2.75, 3.05) is 5.32 Å². The molecular weight excluding hydrogens is 346 g/mol. The molecule has 10 nitrogen and oxygen atoms in total. The molecule has 0 bridgehead atoms. The van der Waals surface area contributed by atoms with E-state index in [0.717, 1.165) is 5.56 Å². The summed E-state index contributed by atoms with van der Waals surface area (Å²) in [5, 5.41) is 13.7. The molecule has 0 aliphatic rings. The number of hydrogen-bond donors (Lipinski definition) is 2. The van der Waals surface area contributed by atoms with Crippen LogP contribution in [-0.2, 0) is 6.54 Å². The van der Waals surface area contributed by atoms with Crippen molar-refractivity contribution < 1.29 is 4.79 Å². The van der Waals surface area contributed by atoms with Gasteiger partial charge in [0.05, 0.1) is 11.9 Å². The highest BCUT2D eigenvalue weighted by Gasteiger charge is 2.08. The molecule has 0 spiro atoms. The first-order valence-electron chi connectivity index (χ1n) is 8.09. The molecule has 27 heavy (non-hydrogen) atoms. The average molecular weight is 361 g/mol. The van der Waals surface area contributed by atoms with Crippen LogP contribution in [0.4, 0.5) is 10.5 Å². The van der Waals surface area contributed by atoms with Crippen LogP contribution in [-0.4, -0.2) is 40.5 Å². The number of pyridine rings is 2. The van der Waals surface area contributed by atoms with Crippen LogP contribution in [0.3, 0.4) is 0 Å². The zero-order valence-electron chi connectivity index (χ0n) is 14.1. The summed E-state index contributed by atoms with van der Waals surface area (Å²) >= 11 is 0. The number of amides is 2. The van der Waals surface area contributed by atoms with Gasteiger partial charge < -0.3 is 10.6 Å². The number of hydrogen-bond acceptors (Lipinski definition) is 6. The summed E-state index contributed by atoms with van der Waals surface area (Å²) in [5.74, 6) is 1.28. The average Bonchev–Trinajstić information content (AvgIpc) is 3.41. The van der Waals surface area contributed by atoms with E-state index in [0.29, 0.717) is 23.9 Å². The van der Waals surface area contributed by atoms with E-state index in [2.05, 4.69) is 35.8 Å². The highest BCUT2D eigenvalue weighted by atomic mass is 16.2. The first-order valence-corrected chi connectivity index (χ1v) is 8.09. The Labute approximate surface area is 153 Å². The van der Waals surface area contributed by atoms with E-state index in [4.69, 9.17) is 0 Å². The van der Waals surface area contributed by atoms with Gasteiger partial charge in [-0.25, -0.2) is 29.1 Å². The third-order valence-corrected chi connectivity index (χ3v) is 3.69. The van der Waals surface area contributed by atoms with Gasteiger partial charge in [0.1, 0.15) is 12.7 Å². The van der Waals surface area contributed by atoms with Gasteiger partial charge in [-0.05, 0) is 24.3 Å². The van der Waals surface area contributed by atoms with Crippen molar-refractivity contribution in [3.8, 4) is 11.6 Å². The van der Waals surface area contributed by atoms with Gasteiger partial charge in [-0.2, -0.15) is 10.2 Å². The first-order chi connectivity index (χ1) is 13.3. The van der Waals surface area contributed by atoms with Crippen molar-refractivity contribution in [1.29, 1.82) is 0 Å². The quantitative estimate of drug-likeness (QED) is 0.557. The van der Waals surface area contributed by atoms with E-state index in [1.807, 2.05) is 18.2 Å². The summed E-state index contributed by atoms with van der Waals surface area (Å²) in [5.41, 5.74) is 1.41. The van der Waals surface area contributed by atoms with Crippen LogP contribution in [0.2, 0.25) is 0 Å². The predicted molar refractivity (Wildman–Crippen MR) is 96.4 cm³/mol. The molecule has 134 valence electrons. The van der Waals surface area contributed by atoms with Crippen molar-refractivity contribution in [3.05, 3.63) is 73.3 Å². The Morgan fingerprint density at radius 1 is 1.04 bits per heavy atom. The fourth-order valence-corrected chi connectivity index (χ4v) is 2.44. The fraction of sp³-hybridized carbons (Fsp3) is 0.0588. The number of rotatable bonds is 5. The second kappa shape index (κ2) is 7.44. The van der Waals surface area contributed by atoms with Gasteiger partial charge in [-0.1, -0.05) is 6.07 Å². The molecule has 4 aromatic rings. The van der Waals surface area contributed by atoms with Gasteiger partial charge in [0.15, 0.2) is 11.6 Å². The number of nitrogens with one attached hydrogen (secondary N) is 2. The standard InChI is InChI=1S/C17H15N9O/c27-17(24-14-4-5-15(20-10-14)26-12-18-11-23-26)21-9-13-3-1-6-19-16(13)25-8-2-7-22-25/h1-8,10-12H,9H2,(H2,21,24,27). The number of anilines is 1. The normalized spacial score (nSPS) is 10.5. The molecule has 2 amide bonds. The molecule has 4 rings (SSSR count). The molecule has 0 fully saturated rings. The van der Waals surface area contributed by atoms with Gasteiger partial charge >= 0.3 is 6.03 Å². The molecule has 0 aliphatic heterocycles. The third-order valence-electron chi connectivity index (χ3n) is 3.69. The molecule has 0 saturated heterocycles. The molecule has 0 aromatic carbocycles. The molecule has 4 heterocycles. The van der Waals surface area contributed by atoms with E-state index in [1.165, 1.54) is 11.0 Å². The molecule has 0 atom stereocenters. The number of nitrogens with zero attached hydrogens (tertiary/aromatic N) is 7. The van der Waals surface area contributed by atoms with E-state index >= 15 is 0 Å². The second-order valence-electron chi connectivity index (χ2n) is 5.49. The zero-order chi connectivity index (χ0) is 18.5. The number of carbonyl (C=O) groups is 1. The van der Waals surface area contributed by atoms with Crippen molar-refractivity contribution >= 4 is 11.7 Å². The lowest BCUT2D eigenvalue weighted by Gasteiger charge is -2.11. The maximum atomic E-state index is 12.2. The Bertz CT molecular complexity index is 1010. The first kappa shape index (κ1) is 16.4. The molecular formula is C17H15N9O. The lowest BCUT2D eigenvalue weighted by molar-refractivity contribution is 0.251. The Morgan fingerprint density at radius 3 is 2.74 bits per heavy atom. The smallest absolute Gasteiger partial charge is 0.319 e. The zero-order valence-corrected chi connectivity index (χ0v) is 14.1. The SMILES string of the molecule is O=C(NCc1cccnc1-n1cccn1)Nc1ccc(-n2cncn2)nc1. The molecule has 0 aliphatic carbocycles. The predicted octanol–water partition coefficient (Wildman–Crippen LogP) is 1.56. The Kier molecular flexibility index (Phi) is 4.51. The van der Waals surface area contributed by atoms with Gasteiger partial charge in [0.25, 0.3) is 0 Å². The number of aromatic nitrogens is 7. The van der Waals surface area contributed by atoms with E-state index < -0.39 is 0 Å². The maximum absolute atomic E-state index is 12.2. The largest absolute Gasteiger partial charge is 0.334 e. The van der Waals surface area contributed by atoms with Crippen LogP contribution in [0.15, 0.2) is 67.8 Å². The molecule has 10 heteroatoms. The summed E-state index contributed by atoms with van der Waals surface area (Å²) in [6.45, 7) is 0.305. The minimum Gasteiger partial charge on any atom is -0.334 e. The minimum absolute atomic E-state index is 0.305. The second-order valence-corrected chi connectivity index (χ2v) is 5.49. The van der Waals surface area contributed by atoms with Crippen LogP contribution >= 0.6 is 0 Å². The van der Waals surface area contributed by atoms with Gasteiger partial charge in [-0.3, -0.25) is 0 Å².